The van der Waals surface area contributed by atoms with E-state index >= 15 is 0 Å². The maximum Gasteiger partial charge on any atom is 0.266 e. The van der Waals surface area contributed by atoms with Crippen molar-refractivity contribution in [1.29, 1.82) is 0 Å². The van der Waals surface area contributed by atoms with Crippen LogP contribution in [0.25, 0.3) is 10.2 Å². The van der Waals surface area contributed by atoms with Crippen LogP contribution in [-0.2, 0) is 4.79 Å². The van der Waals surface area contributed by atoms with Crippen molar-refractivity contribution >= 4 is 55.8 Å². The quantitative estimate of drug-likeness (QED) is 0.554. The van der Waals surface area contributed by atoms with Crippen molar-refractivity contribution in [3.63, 3.8) is 0 Å². The van der Waals surface area contributed by atoms with Crippen LogP contribution in [0.15, 0.2) is 42.5 Å². The number of piperazine rings is 1. The molecule has 3 aromatic rings. The Morgan fingerprint density at radius 1 is 1.03 bits per heavy atom. The summed E-state index contributed by atoms with van der Waals surface area (Å²) in [6.45, 7) is 6.32. The number of ether oxygens (including phenoxy) is 1. The summed E-state index contributed by atoms with van der Waals surface area (Å²) < 4.78 is 7.02. The summed E-state index contributed by atoms with van der Waals surface area (Å²) in [6, 6.07) is 12.8. The molecule has 5 nitrogen and oxygen atoms in total. The van der Waals surface area contributed by atoms with Gasteiger partial charge in [0.2, 0.25) is 0 Å². The molecule has 0 radical (unpaired) electrons. The lowest BCUT2D eigenvalue weighted by atomic mass is 10.1. The maximum atomic E-state index is 13.0. The van der Waals surface area contributed by atoms with Gasteiger partial charge in [0, 0.05) is 36.2 Å². The monoisotopic (exact) mass is 449 g/mol. The summed E-state index contributed by atoms with van der Waals surface area (Å²) in [5.41, 5.74) is -0.00630. The molecule has 1 aliphatic rings. The minimum absolute atomic E-state index is 0.0248. The molecule has 0 unspecified atom stereocenters. The van der Waals surface area contributed by atoms with E-state index in [9.17, 15) is 4.79 Å². The van der Waals surface area contributed by atoms with E-state index < -0.39 is 5.60 Å². The molecule has 1 aliphatic heterocycles. The lowest BCUT2D eigenvalue weighted by Crippen LogP contribution is -2.55. The Labute approximate surface area is 183 Å². The third-order valence-electron chi connectivity index (χ3n) is 4.88. The first-order valence-electron chi connectivity index (χ1n) is 9.37. The number of hydrogen-bond acceptors (Lipinski definition) is 5. The van der Waals surface area contributed by atoms with E-state index in [1.165, 1.54) is 0 Å². The molecule has 1 amide bonds. The summed E-state index contributed by atoms with van der Waals surface area (Å²) in [7, 11) is 0. The van der Waals surface area contributed by atoms with Crippen molar-refractivity contribution in [1.82, 2.24) is 9.88 Å². The molecule has 0 aliphatic carbocycles. The van der Waals surface area contributed by atoms with Gasteiger partial charge in [0.25, 0.3) is 5.91 Å². The van der Waals surface area contributed by atoms with Gasteiger partial charge in [0.05, 0.1) is 10.2 Å². The fraction of sp³-hybridized carbons (Fsp3) is 0.333. The highest BCUT2D eigenvalue weighted by Crippen LogP contribution is 2.31. The van der Waals surface area contributed by atoms with E-state index in [0.29, 0.717) is 28.9 Å². The van der Waals surface area contributed by atoms with Crippen LogP contribution in [-0.4, -0.2) is 47.6 Å². The smallest absolute Gasteiger partial charge is 0.266 e. The molecule has 2 aromatic carbocycles. The van der Waals surface area contributed by atoms with Crippen molar-refractivity contribution in [3.05, 3.63) is 52.5 Å². The lowest BCUT2D eigenvalue weighted by Gasteiger charge is -2.38. The third kappa shape index (κ3) is 4.44. The summed E-state index contributed by atoms with van der Waals surface area (Å²) in [5, 5.41) is 2.31. The molecule has 1 fully saturated rings. The van der Waals surface area contributed by atoms with Crippen LogP contribution in [0.4, 0.5) is 5.13 Å². The molecule has 2 heterocycles. The Bertz CT molecular complexity index is 1030. The molecule has 0 N–H and O–H groups in total. The summed E-state index contributed by atoms with van der Waals surface area (Å²) in [4.78, 5) is 21.8. The van der Waals surface area contributed by atoms with Gasteiger partial charge < -0.3 is 14.5 Å². The number of aromatic nitrogens is 1. The number of benzene rings is 2. The first kappa shape index (κ1) is 20.3. The molecule has 4 rings (SSSR count). The zero-order chi connectivity index (χ0) is 20.6. The standard InChI is InChI=1S/C21H21Cl2N3O2S/c1-21(2,28-16-6-3-14(22)4-7-16)19(27)25-9-11-26(12-10-25)20-24-17-8-5-15(23)13-18(17)29-20/h3-8,13H,9-12H2,1-2H3. The number of fused-ring (bicyclic) bond motifs is 1. The topological polar surface area (TPSA) is 45.7 Å². The Hall–Kier alpha value is -2.02. The molecule has 0 atom stereocenters. The number of carbonyl (C=O) groups is 1. The molecular weight excluding hydrogens is 429 g/mol. The third-order valence-corrected chi connectivity index (χ3v) is 6.44. The molecule has 152 valence electrons. The van der Waals surface area contributed by atoms with Gasteiger partial charge in [-0.25, -0.2) is 4.98 Å². The van der Waals surface area contributed by atoms with Crippen LogP contribution in [0.1, 0.15) is 13.8 Å². The first-order valence-corrected chi connectivity index (χ1v) is 10.9. The minimum atomic E-state index is -0.956. The van der Waals surface area contributed by atoms with Gasteiger partial charge >= 0.3 is 0 Å². The largest absolute Gasteiger partial charge is 0.478 e. The number of rotatable bonds is 4. The van der Waals surface area contributed by atoms with Crippen molar-refractivity contribution in [2.24, 2.45) is 0 Å². The van der Waals surface area contributed by atoms with Crippen LogP contribution in [0, 0.1) is 0 Å². The van der Waals surface area contributed by atoms with Gasteiger partial charge in [-0.2, -0.15) is 0 Å². The highest BCUT2D eigenvalue weighted by atomic mass is 35.5. The van der Waals surface area contributed by atoms with Gasteiger partial charge in [-0.15, -0.1) is 0 Å². The van der Waals surface area contributed by atoms with Crippen molar-refractivity contribution in [2.75, 3.05) is 31.1 Å². The van der Waals surface area contributed by atoms with E-state index in [4.69, 9.17) is 32.9 Å². The average molecular weight is 450 g/mol. The zero-order valence-electron chi connectivity index (χ0n) is 16.2. The Balaban J connectivity index is 1.40. The minimum Gasteiger partial charge on any atom is -0.478 e. The number of amides is 1. The lowest BCUT2D eigenvalue weighted by molar-refractivity contribution is -0.145. The second kappa shape index (κ2) is 8.01. The molecular formula is C21H21Cl2N3O2S. The number of carbonyl (C=O) groups excluding carboxylic acids is 1. The molecule has 29 heavy (non-hydrogen) atoms. The highest BCUT2D eigenvalue weighted by Gasteiger charge is 2.36. The zero-order valence-corrected chi connectivity index (χ0v) is 18.5. The number of nitrogens with zero attached hydrogens (tertiary/aromatic N) is 3. The summed E-state index contributed by atoms with van der Waals surface area (Å²) in [5.74, 6) is 0.600. The Morgan fingerprint density at radius 3 is 2.38 bits per heavy atom. The van der Waals surface area contributed by atoms with Crippen molar-refractivity contribution in [3.8, 4) is 5.75 Å². The average Bonchev–Trinajstić information content (AvgIpc) is 3.12. The molecule has 1 aromatic heterocycles. The van der Waals surface area contributed by atoms with E-state index in [0.717, 1.165) is 28.4 Å². The van der Waals surface area contributed by atoms with E-state index in [1.807, 2.05) is 23.1 Å². The second-order valence-electron chi connectivity index (χ2n) is 7.45. The number of thiazole rings is 1. The van der Waals surface area contributed by atoms with Crippen molar-refractivity contribution in [2.45, 2.75) is 19.4 Å². The predicted octanol–water partition coefficient (Wildman–Crippen LogP) is 5.11. The summed E-state index contributed by atoms with van der Waals surface area (Å²) in [6.07, 6.45) is 0. The normalized spacial score (nSPS) is 15.0. The van der Waals surface area contributed by atoms with E-state index in [2.05, 4.69) is 4.90 Å². The van der Waals surface area contributed by atoms with Gasteiger partial charge in [-0.05, 0) is 56.3 Å². The van der Waals surface area contributed by atoms with Crippen LogP contribution >= 0.6 is 34.5 Å². The van der Waals surface area contributed by atoms with Crippen LogP contribution in [0.5, 0.6) is 5.75 Å². The van der Waals surface area contributed by atoms with Gasteiger partial charge in [-0.3, -0.25) is 4.79 Å². The predicted molar refractivity (Wildman–Crippen MR) is 120 cm³/mol. The number of halogens is 2. The summed E-state index contributed by atoms with van der Waals surface area (Å²) >= 11 is 13.6. The highest BCUT2D eigenvalue weighted by molar-refractivity contribution is 7.22. The van der Waals surface area contributed by atoms with Gasteiger partial charge in [-0.1, -0.05) is 34.5 Å². The fourth-order valence-electron chi connectivity index (χ4n) is 3.34. The fourth-order valence-corrected chi connectivity index (χ4v) is 4.76. The van der Waals surface area contributed by atoms with Crippen LogP contribution in [0.3, 0.4) is 0 Å². The number of hydrogen-bond donors (Lipinski definition) is 0. The Morgan fingerprint density at radius 2 is 1.69 bits per heavy atom. The van der Waals surface area contributed by atoms with Crippen LogP contribution in [0.2, 0.25) is 10.0 Å². The van der Waals surface area contributed by atoms with E-state index in [-0.39, 0.29) is 5.91 Å². The van der Waals surface area contributed by atoms with Crippen LogP contribution < -0.4 is 9.64 Å². The first-order chi connectivity index (χ1) is 13.8. The SMILES string of the molecule is CC(C)(Oc1ccc(Cl)cc1)C(=O)N1CCN(c2nc3ccc(Cl)cc3s2)CC1. The van der Waals surface area contributed by atoms with Crippen molar-refractivity contribution < 1.29 is 9.53 Å². The van der Waals surface area contributed by atoms with Gasteiger partial charge in [0.1, 0.15) is 5.75 Å². The molecule has 0 bridgehead atoms. The number of anilines is 1. The molecule has 1 saturated heterocycles. The molecule has 0 spiro atoms. The molecule has 0 saturated carbocycles. The Kier molecular flexibility index (Phi) is 5.60. The van der Waals surface area contributed by atoms with E-state index in [1.54, 1.807) is 49.4 Å². The maximum absolute atomic E-state index is 13.0. The second-order valence-corrected chi connectivity index (χ2v) is 9.34. The van der Waals surface area contributed by atoms with Gasteiger partial charge in [0.15, 0.2) is 10.7 Å². The molecule has 8 heteroatoms.